The van der Waals surface area contributed by atoms with Gasteiger partial charge in [-0.25, -0.2) is 0 Å². The van der Waals surface area contributed by atoms with Gasteiger partial charge in [-0.1, -0.05) is 25.1 Å². The molecule has 1 amide bonds. The van der Waals surface area contributed by atoms with E-state index in [0.29, 0.717) is 0 Å². The highest BCUT2D eigenvalue weighted by Crippen LogP contribution is 2.30. The van der Waals surface area contributed by atoms with E-state index in [1.165, 1.54) is 17.3 Å². The van der Waals surface area contributed by atoms with E-state index in [1.54, 1.807) is 0 Å². The molecule has 0 aliphatic carbocycles. The predicted octanol–water partition coefficient (Wildman–Crippen LogP) is 2.08. The van der Waals surface area contributed by atoms with Gasteiger partial charge in [0.2, 0.25) is 5.91 Å². The van der Waals surface area contributed by atoms with Crippen molar-refractivity contribution in [1.82, 2.24) is 0 Å². The Kier molecular flexibility index (Phi) is 4.30. The second-order valence-electron chi connectivity index (χ2n) is 4.64. The third-order valence-electron chi connectivity index (χ3n) is 3.19. The first-order chi connectivity index (χ1) is 8.63. The summed E-state index contributed by atoms with van der Waals surface area (Å²) >= 11 is 1.53. The Hall–Kier alpha value is -1.00. The van der Waals surface area contributed by atoms with Crippen LogP contribution in [0.3, 0.4) is 0 Å². The standard InChI is InChI=1S/C14H19NO2S/c1-10(9-16)18-11(2)14(17)15-8-7-12-5-3-4-6-13(12)15/h3-6,10-11,16H,7-9H2,1-2H3. The number of fused-ring (bicyclic) bond motifs is 1. The van der Waals surface area contributed by atoms with Crippen LogP contribution in [0.1, 0.15) is 19.4 Å². The molecule has 2 rings (SSSR count). The molecule has 0 saturated heterocycles. The topological polar surface area (TPSA) is 40.5 Å². The summed E-state index contributed by atoms with van der Waals surface area (Å²) < 4.78 is 0. The van der Waals surface area contributed by atoms with Crippen LogP contribution in [0.4, 0.5) is 5.69 Å². The van der Waals surface area contributed by atoms with Gasteiger partial charge in [-0.2, -0.15) is 0 Å². The first-order valence-corrected chi connectivity index (χ1v) is 7.23. The Balaban J connectivity index is 2.07. The molecule has 1 aliphatic heterocycles. The molecular formula is C14H19NO2S. The van der Waals surface area contributed by atoms with Crippen molar-refractivity contribution >= 4 is 23.4 Å². The molecule has 0 spiro atoms. The number of para-hydroxylation sites is 1. The Bertz CT molecular complexity index is 436. The van der Waals surface area contributed by atoms with Crippen LogP contribution in [0.5, 0.6) is 0 Å². The van der Waals surface area contributed by atoms with Gasteiger partial charge < -0.3 is 10.0 Å². The summed E-state index contributed by atoms with van der Waals surface area (Å²) in [6.45, 7) is 4.74. The van der Waals surface area contributed by atoms with Crippen LogP contribution < -0.4 is 4.90 Å². The Morgan fingerprint density at radius 1 is 1.44 bits per heavy atom. The number of hydrogen-bond acceptors (Lipinski definition) is 3. The van der Waals surface area contributed by atoms with Gasteiger partial charge in [0.25, 0.3) is 0 Å². The average Bonchev–Trinajstić information content (AvgIpc) is 2.81. The lowest BCUT2D eigenvalue weighted by Gasteiger charge is -2.22. The molecular weight excluding hydrogens is 246 g/mol. The number of anilines is 1. The number of hydrogen-bond donors (Lipinski definition) is 1. The van der Waals surface area contributed by atoms with Gasteiger partial charge >= 0.3 is 0 Å². The summed E-state index contributed by atoms with van der Waals surface area (Å²) in [7, 11) is 0. The minimum atomic E-state index is -0.113. The normalized spacial score (nSPS) is 17.4. The van der Waals surface area contributed by atoms with Crippen LogP contribution in [0.25, 0.3) is 0 Å². The molecule has 0 fully saturated rings. The van der Waals surface area contributed by atoms with E-state index in [0.717, 1.165) is 18.7 Å². The fourth-order valence-electron chi connectivity index (χ4n) is 2.24. The molecule has 18 heavy (non-hydrogen) atoms. The van der Waals surface area contributed by atoms with E-state index >= 15 is 0 Å². The molecule has 98 valence electrons. The van der Waals surface area contributed by atoms with Crippen molar-refractivity contribution in [3.63, 3.8) is 0 Å². The Labute approximate surface area is 112 Å². The molecule has 1 aromatic rings. The molecule has 1 N–H and O–H groups in total. The van der Waals surface area contributed by atoms with Crippen molar-refractivity contribution in [2.24, 2.45) is 0 Å². The zero-order valence-corrected chi connectivity index (χ0v) is 11.6. The first kappa shape index (κ1) is 13.4. The summed E-state index contributed by atoms with van der Waals surface area (Å²) in [4.78, 5) is 14.3. The Morgan fingerprint density at radius 2 is 2.17 bits per heavy atom. The maximum Gasteiger partial charge on any atom is 0.239 e. The van der Waals surface area contributed by atoms with Gasteiger partial charge in [0, 0.05) is 17.5 Å². The summed E-state index contributed by atoms with van der Waals surface area (Å²) in [6, 6.07) is 8.07. The van der Waals surface area contributed by atoms with E-state index in [4.69, 9.17) is 5.11 Å². The average molecular weight is 265 g/mol. The zero-order chi connectivity index (χ0) is 13.1. The highest BCUT2D eigenvalue weighted by Gasteiger charge is 2.28. The molecule has 2 unspecified atom stereocenters. The lowest BCUT2D eigenvalue weighted by atomic mass is 10.2. The number of carbonyl (C=O) groups excluding carboxylic acids is 1. The van der Waals surface area contributed by atoms with Crippen LogP contribution in [-0.4, -0.2) is 34.7 Å². The smallest absolute Gasteiger partial charge is 0.239 e. The number of aliphatic hydroxyl groups excluding tert-OH is 1. The number of benzene rings is 1. The number of thioether (sulfide) groups is 1. The largest absolute Gasteiger partial charge is 0.395 e. The van der Waals surface area contributed by atoms with E-state index < -0.39 is 0 Å². The molecule has 3 nitrogen and oxygen atoms in total. The van der Waals surface area contributed by atoms with E-state index in [2.05, 4.69) is 6.07 Å². The third-order valence-corrected chi connectivity index (χ3v) is 4.42. The zero-order valence-electron chi connectivity index (χ0n) is 10.8. The molecule has 1 aliphatic rings. The van der Waals surface area contributed by atoms with Gasteiger partial charge in [-0.05, 0) is 25.0 Å². The van der Waals surface area contributed by atoms with Gasteiger partial charge in [-0.15, -0.1) is 11.8 Å². The summed E-state index contributed by atoms with van der Waals surface area (Å²) in [5.74, 6) is 0.144. The SMILES string of the molecule is CC(CO)SC(C)C(=O)N1CCc2ccccc21. The number of rotatable bonds is 4. The van der Waals surface area contributed by atoms with Crippen molar-refractivity contribution in [2.45, 2.75) is 30.8 Å². The van der Waals surface area contributed by atoms with Crippen LogP contribution in [0.15, 0.2) is 24.3 Å². The fourth-order valence-corrected chi connectivity index (χ4v) is 3.26. The van der Waals surface area contributed by atoms with Crippen molar-refractivity contribution in [3.05, 3.63) is 29.8 Å². The molecule has 4 heteroatoms. The molecule has 0 aromatic heterocycles. The van der Waals surface area contributed by atoms with Gasteiger partial charge in [-0.3, -0.25) is 4.79 Å². The second kappa shape index (κ2) is 5.76. The fraction of sp³-hybridized carbons (Fsp3) is 0.500. The summed E-state index contributed by atoms with van der Waals surface area (Å²) in [6.07, 6.45) is 0.939. The lowest BCUT2D eigenvalue weighted by Crippen LogP contribution is -2.36. The third kappa shape index (κ3) is 2.70. The van der Waals surface area contributed by atoms with Crippen LogP contribution in [0, 0.1) is 0 Å². The summed E-state index contributed by atoms with van der Waals surface area (Å²) in [5, 5.41) is 9.03. The number of nitrogens with zero attached hydrogens (tertiary/aromatic N) is 1. The number of carbonyl (C=O) groups is 1. The van der Waals surface area contributed by atoms with Crippen molar-refractivity contribution in [1.29, 1.82) is 0 Å². The molecule has 0 bridgehead atoms. The molecule has 2 atom stereocenters. The number of aliphatic hydroxyl groups is 1. The minimum Gasteiger partial charge on any atom is -0.395 e. The maximum absolute atomic E-state index is 12.4. The Morgan fingerprint density at radius 3 is 2.89 bits per heavy atom. The molecule has 1 heterocycles. The molecule has 0 radical (unpaired) electrons. The van der Waals surface area contributed by atoms with Crippen LogP contribution >= 0.6 is 11.8 Å². The van der Waals surface area contributed by atoms with Gasteiger partial charge in [0.05, 0.1) is 11.9 Å². The predicted molar refractivity (Wildman–Crippen MR) is 76.1 cm³/mol. The maximum atomic E-state index is 12.4. The minimum absolute atomic E-state index is 0.0989. The van der Waals surface area contributed by atoms with Gasteiger partial charge in [0.15, 0.2) is 0 Å². The molecule has 1 aromatic carbocycles. The highest BCUT2D eigenvalue weighted by molar-refractivity contribution is 8.01. The van der Waals surface area contributed by atoms with E-state index in [-0.39, 0.29) is 23.0 Å². The summed E-state index contributed by atoms with van der Waals surface area (Å²) in [5.41, 5.74) is 2.30. The van der Waals surface area contributed by atoms with Crippen LogP contribution in [0.2, 0.25) is 0 Å². The lowest BCUT2D eigenvalue weighted by molar-refractivity contribution is -0.117. The quantitative estimate of drug-likeness (QED) is 0.906. The van der Waals surface area contributed by atoms with Crippen molar-refractivity contribution in [3.8, 4) is 0 Å². The monoisotopic (exact) mass is 265 g/mol. The first-order valence-electron chi connectivity index (χ1n) is 6.29. The van der Waals surface area contributed by atoms with E-state index in [9.17, 15) is 4.79 Å². The number of amides is 1. The van der Waals surface area contributed by atoms with E-state index in [1.807, 2.05) is 36.9 Å². The second-order valence-corrected chi connectivity index (χ2v) is 6.42. The van der Waals surface area contributed by atoms with Crippen molar-refractivity contribution in [2.75, 3.05) is 18.1 Å². The van der Waals surface area contributed by atoms with Crippen LogP contribution in [-0.2, 0) is 11.2 Å². The highest BCUT2D eigenvalue weighted by atomic mass is 32.2. The van der Waals surface area contributed by atoms with Gasteiger partial charge in [0.1, 0.15) is 0 Å². The molecule has 0 saturated carbocycles. The van der Waals surface area contributed by atoms with Crippen molar-refractivity contribution < 1.29 is 9.90 Å².